The molecule has 0 radical (unpaired) electrons. The number of rotatable bonds is 6. The van der Waals surface area contributed by atoms with Crippen LogP contribution in [0.1, 0.15) is 48.9 Å². The SMILES string of the molecule is CCC(NC(=O)c1c(C)coc1CC(=O)O)C(C)C. The second kappa shape index (κ2) is 6.41. The largest absolute Gasteiger partial charge is 0.481 e. The zero-order chi connectivity index (χ0) is 14.6. The Kier molecular flexibility index (Phi) is 5.15. The molecule has 1 aromatic rings. The lowest BCUT2D eigenvalue weighted by Crippen LogP contribution is -2.38. The monoisotopic (exact) mass is 267 g/mol. The number of hydrogen-bond donors (Lipinski definition) is 2. The van der Waals surface area contributed by atoms with Gasteiger partial charge in [0.25, 0.3) is 5.91 Å². The van der Waals surface area contributed by atoms with Crippen LogP contribution in [0.2, 0.25) is 0 Å². The zero-order valence-corrected chi connectivity index (χ0v) is 11.8. The van der Waals surface area contributed by atoms with Crippen LogP contribution in [0.3, 0.4) is 0 Å². The van der Waals surface area contributed by atoms with Crippen LogP contribution >= 0.6 is 0 Å². The van der Waals surface area contributed by atoms with E-state index in [1.165, 1.54) is 6.26 Å². The summed E-state index contributed by atoms with van der Waals surface area (Å²) in [4.78, 5) is 23.0. The van der Waals surface area contributed by atoms with Gasteiger partial charge in [-0.25, -0.2) is 0 Å². The van der Waals surface area contributed by atoms with Gasteiger partial charge in [-0.2, -0.15) is 0 Å². The minimum Gasteiger partial charge on any atom is -0.481 e. The summed E-state index contributed by atoms with van der Waals surface area (Å²) in [5.41, 5.74) is 1.01. The van der Waals surface area contributed by atoms with E-state index in [-0.39, 0.29) is 24.1 Å². The van der Waals surface area contributed by atoms with Crippen LogP contribution in [0, 0.1) is 12.8 Å². The molecule has 1 aromatic heterocycles. The molecule has 0 spiro atoms. The minimum atomic E-state index is -1.01. The van der Waals surface area contributed by atoms with Gasteiger partial charge in [0.15, 0.2) is 0 Å². The van der Waals surface area contributed by atoms with Gasteiger partial charge in [-0.05, 0) is 19.3 Å². The fourth-order valence-corrected chi connectivity index (χ4v) is 2.05. The highest BCUT2D eigenvalue weighted by atomic mass is 16.4. The molecule has 1 amide bonds. The number of hydrogen-bond acceptors (Lipinski definition) is 3. The molecule has 0 bridgehead atoms. The fourth-order valence-electron chi connectivity index (χ4n) is 2.05. The maximum atomic E-state index is 12.2. The van der Waals surface area contributed by atoms with Gasteiger partial charge in [0, 0.05) is 11.6 Å². The molecule has 2 N–H and O–H groups in total. The van der Waals surface area contributed by atoms with Crippen LogP contribution < -0.4 is 5.32 Å². The Morgan fingerprint density at radius 3 is 2.53 bits per heavy atom. The van der Waals surface area contributed by atoms with E-state index in [0.717, 1.165) is 6.42 Å². The van der Waals surface area contributed by atoms with Crippen molar-refractivity contribution < 1.29 is 19.1 Å². The lowest BCUT2D eigenvalue weighted by Gasteiger charge is -2.20. The standard InChI is InChI=1S/C14H21NO4/c1-5-10(8(2)3)15-14(18)13-9(4)7-19-11(13)6-12(16)17/h7-8,10H,5-6H2,1-4H3,(H,15,18)(H,16,17). The molecule has 106 valence electrons. The smallest absolute Gasteiger partial charge is 0.311 e. The van der Waals surface area contributed by atoms with Crippen molar-refractivity contribution in [3.63, 3.8) is 0 Å². The third kappa shape index (κ3) is 3.84. The summed E-state index contributed by atoms with van der Waals surface area (Å²) in [5, 5.41) is 11.7. The van der Waals surface area contributed by atoms with Crippen LogP contribution in [0.5, 0.6) is 0 Å². The number of furan rings is 1. The molecule has 0 saturated heterocycles. The molecule has 5 nitrogen and oxygen atoms in total. The van der Waals surface area contributed by atoms with E-state index < -0.39 is 5.97 Å². The molecular weight excluding hydrogens is 246 g/mol. The number of nitrogens with one attached hydrogen (secondary N) is 1. The van der Waals surface area contributed by atoms with Crippen LogP contribution in [-0.4, -0.2) is 23.0 Å². The van der Waals surface area contributed by atoms with Crippen LogP contribution in [-0.2, 0) is 11.2 Å². The summed E-state index contributed by atoms with van der Waals surface area (Å²) in [6, 6.07) is 0.0690. The average molecular weight is 267 g/mol. The molecule has 5 heteroatoms. The van der Waals surface area contributed by atoms with Gasteiger partial charge in [-0.15, -0.1) is 0 Å². The Labute approximate surface area is 113 Å². The lowest BCUT2D eigenvalue weighted by molar-refractivity contribution is -0.136. The van der Waals surface area contributed by atoms with E-state index in [2.05, 4.69) is 5.32 Å². The number of carboxylic acids is 1. The summed E-state index contributed by atoms with van der Waals surface area (Å²) < 4.78 is 5.16. The van der Waals surface area contributed by atoms with E-state index in [1.54, 1.807) is 6.92 Å². The third-order valence-corrected chi connectivity index (χ3v) is 3.15. The van der Waals surface area contributed by atoms with Gasteiger partial charge in [-0.3, -0.25) is 9.59 Å². The maximum Gasteiger partial charge on any atom is 0.311 e. The molecule has 1 rings (SSSR count). The number of aryl methyl sites for hydroxylation is 1. The second-order valence-corrected chi connectivity index (χ2v) is 5.02. The third-order valence-electron chi connectivity index (χ3n) is 3.15. The topological polar surface area (TPSA) is 79.5 Å². The number of carboxylic acid groups (broad SMARTS) is 1. The van der Waals surface area contributed by atoms with Crippen LogP contribution in [0.15, 0.2) is 10.7 Å². The molecule has 1 atom stereocenters. The van der Waals surface area contributed by atoms with Crippen molar-refractivity contribution in [1.29, 1.82) is 0 Å². The first-order chi connectivity index (χ1) is 8.86. The summed E-state index contributed by atoms with van der Waals surface area (Å²) in [5.74, 6) is -0.743. The van der Waals surface area contributed by atoms with Crippen molar-refractivity contribution in [2.45, 2.75) is 46.6 Å². The summed E-state index contributed by atoms with van der Waals surface area (Å²) in [6.45, 7) is 7.81. The zero-order valence-electron chi connectivity index (χ0n) is 11.8. The molecule has 0 aliphatic heterocycles. The maximum absolute atomic E-state index is 12.2. The van der Waals surface area contributed by atoms with E-state index in [4.69, 9.17) is 9.52 Å². The van der Waals surface area contributed by atoms with E-state index in [9.17, 15) is 9.59 Å². The predicted octanol–water partition coefficient (Wildman–Crippen LogP) is 2.38. The van der Waals surface area contributed by atoms with Crippen molar-refractivity contribution in [2.24, 2.45) is 5.92 Å². The van der Waals surface area contributed by atoms with E-state index in [1.807, 2.05) is 20.8 Å². The molecule has 0 aliphatic rings. The van der Waals surface area contributed by atoms with Gasteiger partial charge in [0.05, 0.1) is 11.8 Å². The van der Waals surface area contributed by atoms with Gasteiger partial charge in [0.1, 0.15) is 12.2 Å². The van der Waals surface area contributed by atoms with Gasteiger partial charge in [-0.1, -0.05) is 20.8 Å². The first kappa shape index (κ1) is 15.3. The first-order valence-corrected chi connectivity index (χ1v) is 6.46. The quantitative estimate of drug-likeness (QED) is 0.829. The van der Waals surface area contributed by atoms with Crippen molar-refractivity contribution in [3.8, 4) is 0 Å². The summed E-state index contributed by atoms with van der Waals surface area (Å²) in [7, 11) is 0. The number of carbonyl (C=O) groups excluding carboxylic acids is 1. The molecule has 0 aromatic carbocycles. The van der Waals surface area contributed by atoms with E-state index >= 15 is 0 Å². The van der Waals surface area contributed by atoms with E-state index in [0.29, 0.717) is 17.0 Å². The molecule has 0 aliphatic carbocycles. The summed E-state index contributed by atoms with van der Waals surface area (Å²) >= 11 is 0. The Hall–Kier alpha value is -1.78. The highest BCUT2D eigenvalue weighted by Gasteiger charge is 2.23. The van der Waals surface area contributed by atoms with Crippen LogP contribution in [0.25, 0.3) is 0 Å². The van der Waals surface area contributed by atoms with Crippen molar-refractivity contribution in [3.05, 3.63) is 23.2 Å². The Morgan fingerprint density at radius 1 is 1.42 bits per heavy atom. The number of amides is 1. The van der Waals surface area contributed by atoms with Gasteiger partial charge >= 0.3 is 5.97 Å². The normalized spacial score (nSPS) is 12.5. The molecule has 19 heavy (non-hydrogen) atoms. The first-order valence-electron chi connectivity index (χ1n) is 6.46. The summed E-state index contributed by atoms with van der Waals surface area (Å²) in [6.07, 6.45) is 1.97. The Bertz CT molecular complexity index is 462. The van der Waals surface area contributed by atoms with Crippen LogP contribution in [0.4, 0.5) is 0 Å². The Morgan fingerprint density at radius 2 is 2.05 bits per heavy atom. The predicted molar refractivity (Wildman–Crippen MR) is 71.2 cm³/mol. The van der Waals surface area contributed by atoms with Crippen molar-refractivity contribution in [1.82, 2.24) is 5.32 Å². The van der Waals surface area contributed by atoms with Crippen molar-refractivity contribution >= 4 is 11.9 Å². The fraction of sp³-hybridized carbons (Fsp3) is 0.571. The molecule has 0 fully saturated rings. The molecular formula is C14H21NO4. The lowest BCUT2D eigenvalue weighted by atomic mass is 10.0. The molecule has 1 unspecified atom stereocenters. The molecule has 0 saturated carbocycles. The second-order valence-electron chi connectivity index (χ2n) is 5.02. The van der Waals surface area contributed by atoms with Gasteiger partial charge < -0.3 is 14.8 Å². The average Bonchev–Trinajstić information content (AvgIpc) is 2.65. The minimum absolute atomic E-state index is 0.0690. The van der Waals surface area contributed by atoms with Gasteiger partial charge in [0.2, 0.25) is 0 Å². The highest BCUT2D eigenvalue weighted by Crippen LogP contribution is 2.18. The number of aliphatic carboxylic acids is 1. The molecule has 1 heterocycles. The number of carbonyl (C=O) groups is 2. The highest BCUT2D eigenvalue weighted by molar-refractivity contribution is 5.97. The van der Waals surface area contributed by atoms with Crippen molar-refractivity contribution in [2.75, 3.05) is 0 Å². The Balaban J connectivity index is 2.92.